The monoisotopic (exact) mass is 293 g/mol. The fraction of sp³-hybridized carbons (Fsp3) is 1.00. The molecular weight excluding hydrogens is 272 g/mol. The van der Waals surface area contributed by atoms with E-state index in [4.69, 9.17) is 0 Å². The van der Waals surface area contributed by atoms with E-state index < -0.39 is 36.3 Å². The molecular formula is C12H21F6N. The Labute approximate surface area is 109 Å². The average Bonchev–Trinajstić information content (AvgIpc) is 1.90. The van der Waals surface area contributed by atoms with Gasteiger partial charge in [-0.2, -0.15) is 26.3 Å². The molecule has 0 aliphatic rings. The van der Waals surface area contributed by atoms with Gasteiger partial charge >= 0.3 is 12.4 Å². The van der Waals surface area contributed by atoms with Crippen LogP contribution in [0.5, 0.6) is 0 Å². The van der Waals surface area contributed by atoms with Crippen LogP contribution in [0.1, 0.15) is 53.4 Å². The van der Waals surface area contributed by atoms with Crippen molar-refractivity contribution in [2.75, 3.05) is 0 Å². The summed E-state index contributed by atoms with van der Waals surface area (Å²) < 4.78 is 75.7. The molecule has 19 heavy (non-hydrogen) atoms. The van der Waals surface area contributed by atoms with E-state index in [9.17, 15) is 26.3 Å². The SMILES string of the molecule is CCCC(CC(F)(F)F)(CC(F)(F)F)NC(C)(C)C. The van der Waals surface area contributed by atoms with Crippen LogP contribution in [0.4, 0.5) is 26.3 Å². The Morgan fingerprint density at radius 3 is 1.37 bits per heavy atom. The summed E-state index contributed by atoms with van der Waals surface area (Å²) in [5.74, 6) is 0. The third-order valence-corrected chi connectivity index (χ3v) is 2.45. The van der Waals surface area contributed by atoms with Crippen molar-refractivity contribution in [2.45, 2.75) is 76.8 Å². The molecule has 0 heterocycles. The van der Waals surface area contributed by atoms with Gasteiger partial charge in [0.1, 0.15) is 0 Å². The third kappa shape index (κ3) is 9.13. The highest BCUT2D eigenvalue weighted by molar-refractivity contribution is 4.96. The molecule has 1 N–H and O–H groups in total. The Bertz CT molecular complexity index is 233. The normalized spacial score (nSPS) is 14.8. The van der Waals surface area contributed by atoms with Gasteiger partial charge in [-0.25, -0.2) is 0 Å². The number of hydrogen-bond donors (Lipinski definition) is 1. The van der Waals surface area contributed by atoms with E-state index in [1.807, 2.05) is 0 Å². The fourth-order valence-corrected chi connectivity index (χ4v) is 2.43. The topological polar surface area (TPSA) is 12.0 Å². The lowest BCUT2D eigenvalue weighted by Gasteiger charge is -2.41. The van der Waals surface area contributed by atoms with Crippen molar-refractivity contribution in [3.8, 4) is 0 Å². The zero-order valence-electron chi connectivity index (χ0n) is 11.6. The van der Waals surface area contributed by atoms with Crippen LogP contribution in [0.25, 0.3) is 0 Å². The Morgan fingerprint density at radius 2 is 1.16 bits per heavy atom. The molecule has 0 aromatic rings. The minimum Gasteiger partial charge on any atom is -0.306 e. The summed E-state index contributed by atoms with van der Waals surface area (Å²) in [6, 6.07) is 0. The van der Waals surface area contributed by atoms with Gasteiger partial charge in [-0.05, 0) is 27.2 Å². The van der Waals surface area contributed by atoms with Gasteiger partial charge < -0.3 is 5.32 Å². The number of hydrogen-bond acceptors (Lipinski definition) is 1. The Balaban J connectivity index is 5.34. The van der Waals surface area contributed by atoms with Gasteiger partial charge in [0.15, 0.2) is 0 Å². The van der Waals surface area contributed by atoms with Crippen molar-refractivity contribution in [3.63, 3.8) is 0 Å². The molecule has 0 bridgehead atoms. The molecule has 0 aromatic carbocycles. The summed E-state index contributed by atoms with van der Waals surface area (Å²) >= 11 is 0. The second-order valence-electron chi connectivity index (χ2n) is 5.99. The first-order valence-corrected chi connectivity index (χ1v) is 6.11. The molecule has 0 atom stereocenters. The predicted octanol–water partition coefficient (Wildman–Crippen LogP) is 4.82. The highest BCUT2D eigenvalue weighted by Crippen LogP contribution is 2.39. The van der Waals surface area contributed by atoms with Gasteiger partial charge in [-0.3, -0.25) is 0 Å². The van der Waals surface area contributed by atoms with Gasteiger partial charge in [0, 0.05) is 11.1 Å². The lowest BCUT2D eigenvalue weighted by molar-refractivity contribution is -0.185. The summed E-state index contributed by atoms with van der Waals surface area (Å²) in [4.78, 5) is 0. The standard InChI is InChI=1S/C12H21F6N/c1-5-6-10(7-11(13,14)15,8-12(16,17)18)19-9(2,3)4/h19H,5-8H2,1-4H3. The van der Waals surface area contributed by atoms with Crippen molar-refractivity contribution in [1.29, 1.82) is 0 Å². The van der Waals surface area contributed by atoms with E-state index in [2.05, 4.69) is 5.32 Å². The van der Waals surface area contributed by atoms with Crippen molar-refractivity contribution < 1.29 is 26.3 Å². The second kappa shape index (κ2) is 5.89. The summed E-state index contributed by atoms with van der Waals surface area (Å²) in [6.07, 6.45) is -12.2. The highest BCUT2D eigenvalue weighted by Gasteiger charge is 2.49. The van der Waals surface area contributed by atoms with Crippen molar-refractivity contribution in [2.24, 2.45) is 0 Å². The molecule has 7 heteroatoms. The summed E-state index contributed by atoms with van der Waals surface area (Å²) in [5, 5.41) is 2.54. The first-order valence-electron chi connectivity index (χ1n) is 6.11. The zero-order valence-corrected chi connectivity index (χ0v) is 11.6. The molecule has 0 unspecified atom stereocenters. The van der Waals surface area contributed by atoms with E-state index in [-0.39, 0.29) is 12.8 Å². The predicted molar refractivity (Wildman–Crippen MR) is 61.9 cm³/mol. The molecule has 0 fully saturated rings. The average molecular weight is 293 g/mol. The first-order chi connectivity index (χ1) is 8.18. The minimum atomic E-state index is -4.64. The maximum absolute atomic E-state index is 12.6. The van der Waals surface area contributed by atoms with Gasteiger partial charge in [-0.1, -0.05) is 13.3 Å². The van der Waals surface area contributed by atoms with Gasteiger partial charge in [0.25, 0.3) is 0 Å². The van der Waals surface area contributed by atoms with Crippen LogP contribution in [0.2, 0.25) is 0 Å². The summed E-state index contributed by atoms with van der Waals surface area (Å²) in [5.41, 5.74) is -2.82. The van der Waals surface area contributed by atoms with Crippen LogP contribution in [-0.2, 0) is 0 Å². The Hall–Kier alpha value is -0.460. The highest BCUT2D eigenvalue weighted by atomic mass is 19.4. The summed E-state index contributed by atoms with van der Waals surface area (Å²) in [6.45, 7) is 6.25. The van der Waals surface area contributed by atoms with E-state index >= 15 is 0 Å². The van der Waals surface area contributed by atoms with Gasteiger partial charge in [0.05, 0.1) is 12.8 Å². The molecule has 0 saturated carbocycles. The molecule has 0 aromatic heterocycles. The minimum absolute atomic E-state index is 0.177. The van der Waals surface area contributed by atoms with E-state index in [1.165, 1.54) is 0 Å². The third-order valence-electron chi connectivity index (χ3n) is 2.45. The van der Waals surface area contributed by atoms with Gasteiger partial charge in [0.2, 0.25) is 0 Å². The number of halogens is 6. The smallest absolute Gasteiger partial charge is 0.306 e. The number of nitrogens with one attached hydrogen (secondary N) is 1. The van der Waals surface area contributed by atoms with Crippen molar-refractivity contribution >= 4 is 0 Å². The largest absolute Gasteiger partial charge is 0.390 e. The van der Waals surface area contributed by atoms with Crippen molar-refractivity contribution in [1.82, 2.24) is 5.32 Å². The molecule has 0 aliphatic heterocycles. The molecule has 0 amide bonds. The molecule has 1 nitrogen and oxygen atoms in total. The fourth-order valence-electron chi connectivity index (χ4n) is 2.43. The maximum Gasteiger partial charge on any atom is 0.390 e. The number of rotatable bonds is 5. The van der Waals surface area contributed by atoms with E-state index in [0.29, 0.717) is 0 Å². The maximum atomic E-state index is 12.6. The van der Waals surface area contributed by atoms with Crippen LogP contribution in [0, 0.1) is 0 Å². The Morgan fingerprint density at radius 1 is 0.789 bits per heavy atom. The van der Waals surface area contributed by atoms with Crippen LogP contribution in [0.15, 0.2) is 0 Å². The molecule has 0 spiro atoms. The molecule has 0 rings (SSSR count). The van der Waals surface area contributed by atoms with Crippen molar-refractivity contribution in [3.05, 3.63) is 0 Å². The zero-order chi connectivity index (χ0) is 15.5. The molecule has 116 valence electrons. The molecule has 0 saturated heterocycles. The quantitative estimate of drug-likeness (QED) is 0.717. The van der Waals surface area contributed by atoms with Crippen LogP contribution in [-0.4, -0.2) is 23.4 Å². The van der Waals surface area contributed by atoms with Crippen LogP contribution < -0.4 is 5.32 Å². The van der Waals surface area contributed by atoms with E-state index in [1.54, 1.807) is 27.7 Å². The van der Waals surface area contributed by atoms with Crippen LogP contribution in [0.3, 0.4) is 0 Å². The first kappa shape index (κ1) is 18.5. The number of alkyl halides is 6. The van der Waals surface area contributed by atoms with E-state index in [0.717, 1.165) is 0 Å². The van der Waals surface area contributed by atoms with Crippen LogP contribution >= 0.6 is 0 Å². The Kier molecular flexibility index (Phi) is 5.75. The van der Waals surface area contributed by atoms with Gasteiger partial charge in [-0.15, -0.1) is 0 Å². The summed E-state index contributed by atoms with van der Waals surface area (Å²) in [7, 11) is 0. The second-order valence-corrected chi connectivity index (χ2v) is 5.99. The lowest BCUT2D eigenvalue weighted by atomic mass is 9.83. The molecule has 0 aliphatic carbocycles. The molecule has 0 radical (unpaired) electrons. The lowest BCUT2D eigenvalue weighted by Crippen LogP contribution is -2.57.